The van der Waals surface area contributed by atoms with Gasteiger partial charge in [-0.3, -0.25) is 15.1 Å². The minimum atomic E-state index is -0.391. The van der Waals surface area contributed by atoms with Crippen LogP contribution in [0.3, 0.4) is 0 Å². The zero-order valence-electron chi connectivity index (χ0n) is 9.46. The Morgan fingerprint density at radius 1 is 1.76 bits per heavy atom. The lowest BCUT2D eigenvalue weighted by molar-refractivity contribution is -0.463. The van der Waals surface area contributed by atoms with Crippen LogP contribution in [0.5, 0.6) is 0 Å². The lowest BCUT2D eigenvalue weighted by Gasteiger charge is -2.05. The largest absolute Gasteiger partial charge is 0.368 e. The molecule has 6 nitrogen and oxygen atoms in total. The van der Waals surface area contributed by atoms with Gasteiger partial charge in [-0.15, -0.1) is 11.3 Å². The number of amidine groups is 1. The second-order valence-corrected chi connectivity index (χ2v) is 4.94. The number of nitrogens with zero attached hydrogens (tertiary/aromatic N) is 3. The van der Waals surface area contributed by atoms with Crippen molar-refractivity contribution in [2.45, 2.75) is 5.75 Å². The molecule has 0 aliphatic rings. The first kappa shape index (κ1) is 13.9. The van der Waals surface area contributed by atoms with Crippen LogP contribution < -0.4 is 5.32 Å². The molecule has 1 aromatic heterocycles. The van der Waals surface area contributed by atoms with Crippen LogP contribution in [-0.2, 0) is 5.75 Å². The molecule has 0 atom stereocenters. The number of rotatable bonds is 7. The van der Waals surface area contributed by atoms with E-state index >= 15 is 0 Å². The molecule has 0 bridgehead atoms. The second-order valence-electron chi connectivity index (χ2n) is 3.12. The van der Waals surface area contributed by atoms with Crippen molar-refractivity contribution in [2.75, 3.05) is 25.9 Å². The van der Waals surface area contributed by atoms with Gasteiger partial charge >= 0.3 is 0 Å². The Morgan fingerprint density at radius 2 is 2.59 bits per heavy atom. The van der Waals surface area contributed by atoms with E-state index in [4.69, 9.17) is 0 Å². The Balaban J connectivity index is 2.09. The summed E-state index contributed by atoms with van der Waals surface area (Å²) in [5.41, 5.74) is 2.89. The number of hydrogen-bond acceptors (Lipinski definition) is 6. The van der Waals surface area contributed by atoms with Gasteiger partial charge in [-0.05, 0) is 0 Å². The molecule has 1 N–H and O–H groups in total. The zero-order valence-corrected chi connectivity index (χ0v) is 11.1. The summed E-state index contributed by atoms with van der Waals surface area (Å²) in [6.45, 7) is 0.433. The fraction of sp³-hybridized carbons (Fsp3) is 0.556. The molecule has 0 radical (unpaired) electrons. The van der Waals surface area contributed by atoms with Gasteiger partial charge in [0.1, 0.15) is 0 Å². The van der Waals surface area contributed by atoms with Crippen molar-refractivity contribution < 1.29 is 4.92 Å². The Kier molecular flexibility index (Phi) is 6.56. The molecule has 0 aliphatic heterocycles. The second kappa shape index (κ2) is 8.02. The Hall–Kier alpha value is -1.15. The fourth-order valence-electron chi connectivity index (χ4n) is 1.08. The summed E-state index contributed by atoms with van der Waals surface area (Å²) >= 11 is 3.32. The van der Waals surface area contributed by atoms with Crippen LogP contribution in [0.2, 0.25) is 0 Å². The Morgan fingerprint density at radius 3 is 3.18 bits per heavy atom. The number of thiazole rings is 1. The highest BCUT2D eigenvalue weighted by Gasteiger charge is 2.05. The van der Waals surface area contributed by atoms with Gasteiger partial charge in [0.2, 0.25) is 0 Å². The molecule has 0 spiro atoms. The van der Waals surface area contributed by atoms with Crippen LogP contribution >= 0.6 is 23.1 Å². The Labute approximate surface area is 108 Å². The first-order valence-electron chi connectivity index (χ1n) is 4.98. The third kappa shape index (κ3) is 6.22. The predicted octanol–water partition coefficient (Wildman–Crippen LogP) is 1.27. The zero-order chi connectivity index (χ0) is 12.5. The molecule has 0 saturated carbocycles. The van der Waals surface area contributed by atoms with Gasteiger partial charge < -0.3 is 5.32 Å². The highest BCUT2D eigenvalue weighted by atomic mass is 32.2. The standard InChI is InChI=1S/C9H14N4O2S2/c1-10-9(4-13(14)15)11-2-3-16-5-8-6-17-7-12-8/h6-7H,2-5H2,1H3,(H,10,11). The summed E-state index contributed by atoms with van der Waals surface area (Å²) in [5.74, 6) is 2.16. The Bertz CT molecular complexity index is 367. The van der Waals surface area contributed by atoms with Crippen molar-refractivity contribution in [3.8, 4) is 0 Å². The number of aliphatic imine (C=N–C) groups is 1. The van der Waals surface area contributed by atoms with Crippen LogP contribution in [-0.4, -0.2) is 41.6 Å². The normalized spacial score (nSPS) is 11.5. The minimum Gasteiger partial charge on any atom is -0.368 e. The van der Waals surface area contributed by atoms with Gasteiger partial charge in [0.05, 0.1) is 11.2 Å². The van der Waals surface area contributed by atoms with E-state index in [9.17, 15) is 10.1 Å². The van der Waals surface area contributed by atoms with Crippen molar-refractivity contribution in [3.63, 3.8) is 0 Å². The van der Waals surface area contributed by atoms with Crippen LogP contribution in [0.4, 0.5) is 0 Å². The van der Waals surface area contributed by atoms with Gasteiger partial charge in [-0.25, -0.2) is 4.98 Å². The van der Waals surface area contributed by atoms with E-state index in [0.717, 1.165) is 17.2 Å². The molecule has 8 heteroatoms. The van der Waals surface area contributed by atoms with Crippen molar-refractivity contribution in [1.82, 2.24) is 10.3 Å². The SMILES string of the molecule is CN=C(C[N+](=O)[O-])NCCSCc1cscn1. The number of hydrogen-bond donors (Lipinski definition) is 1. The number of thioether (sulfide) groups is 1. The number of aromatic nitrogens is 1. The smallest absolute Gasteiger partial charge is 0.259 e. The topological polar surface area (TPSA) is 80.4 Å². The fourth-order valence-corrected chi connectivity index (χ4v) is 2.50. The van der Waals surface area contributed by atoms with Gasteiger partial charge in [-0.2, -0.15) is 11.8 Å². The van der Waals surface area contributed by atoms with E-state index < -0.39 is 4.92 Å². The molecule has 0 unspecified atom stereocenters. The predicted molar refractivity (Wildman–Crippen MR) is 71.5 cm³/mol. The molecule has 1 rings (SSSR count). The maximum Gasteiger partial charge on any atom is 0.259 e. The summed E-state index contributed by atoms with van der Waals surface area (Å²) in [7, 11) is 1.55. The third-order valence-corrected chi connectivity index (χ3v) is 3.49. The van der Waals surface area contributed by atoms with Gasteiger partial charge in [0.15, 0.2) is 5.84 Å². The van der Waals surface area contributed by atoms with Crippen molar-refractivity contribution in [1.29, 1.82) is 0 Å². The lowest BCUT2D eigenvalue weighted by atomic mass is 10.5. The molecule has 0 amide bonds. The van der Waals surface area contributed by atoms with E-state index in [1.807, 2.05) is 10.9 Å². The van der Waals surface area contributed by atoms with E-state index in [2.05, 4.69) is 15.3 Å². The average molecular weight is 274 g/mol. The van der Waals surface area contributed by atoms with E-state index in [-0.39, 0.29) is 6.54 Å². The molecule has 1 aromatic rings. The highest BCUT2D eigenvalue weighted by Crippen LogP contribution is 2.10. The number of nitro groups is 1. The molecule has 94 valence electrons. The van der Waals surface area contributed by atoms with E-state index in [1.54, 1.807) is 30.1 Å². The molecule has 0 aliphatic carbocycles. The highest BCUT2D eigenvalue weighted by molar-refractivity contribution is 7.98. The van der Waals surface area contributed by atoms with Crippen LogP contribution in [0.15, 0.2) is 15.9 Å². The summed E-state index contributed by atoms with van der Waals surface area (Å²) < 4.78 is 0. The van der Waals surface area contributed by atoms with Gasteiger partial charge in [0.25, 0.3) is 6.54 Å². The molecule has 0 saturated heterocycles. The minimum absolute atomic E-state index is 0.243. The van der Waals surface area contributed by atoms with Crippen LogP contribution in [0.1, 0.15) is 5.69 Å². The van der Waals surface area contributed by atoms with E-state index in [1.165, 1.54) is 0 Å². The maximum atomic E-state index is 10.3. The van der Waals surface area contributed by atoms with Gasteiger partial charge in [-0.1, -0.05) is 0 Å². The lowest BCUT2D eigenvalue weighted by Crippen LogP contribution is -2.31. The molecule has 0 aromatic carbocycles. The van der Waals surface area contributed by atoms with Crippen molar-refractivity contribution in [3.05, 3.63) is 26.7 Å². The number of nitrogens with one attached hydrogen (secondary N) is 1. The third-order valence-electron chi connectivity index (χ3n) is 1.86. The van der Waals surface area contributed by atoms with Gasteiger partial charge in [0, 0.05) is 35.4 Å². The van der Waals surface area contributed by atoms with Crippen LogP contribution in [0, 0.1) is 10.1 Å². The quantitative estimate of drug-likeness (QED) is 0.266. The molecular formula is C9H14N4O2S2. The van der Waals surface area contributed by atoms with Crippen LogP contribution in [0.25, 0.3) is 0 Å². The monoisotopic (exact) mass is 274 g/mol. The first-order chi connectivity index (χ1) is 8.22. The summed E-state index contributed by atoms with van der Waals surface area (Å²) in [6, 6.07) is 0. The first-order valence-corrected chi connectivity index (χ1v) is 7.08. The summed E-state index contributed by atoms with van der Waals surface area (Å²) in [6.07, 6.45) is 0. The van der Waals surface area contributed by atoms with Crippen molar-refractivity contribution >= 4 is 28.9 Å². The molecule has 17 heavy (non-hydrogen) atoms. The summed E-state index contributed by atoms with van der Waals surface area (Å²) in [5, 5.41) is 15.3. The average Bonchev–Trinajstić information content (AvgIpc) is 2.79. The molecule has 0 fully saturated rings. The van der Waals surface area contributed by atoms with E-state index in [0.29, 0.717) is 12.4 Å². The van der Waals surface area contributed by atoms with Crippen molar-refractivity contribution in [2.24, 2.45) is 4.99 Å². The maximum absolute atomic E-state index is 10.3. The summed E-state index contributed by atoms with van der Waals surface area (Å²) in [4.78, 5) is 17.9. The molecule has 1 heterocycles. The molecular weight excluding hydrogens is 260 g/mol.